The molecular weight excluding hydrogens is 396 g/mol. The Hall–Kier alpha value is -2.96. The van der Waals surface area contributed by atoms with E-state index in [4.69, 9.17) is 13.9 Å². The maximum Gasteiger partial charge on any atom is 0.250 e. The smallest absolute Gasteiger partial charge is 0.250 e. The van der Waals surface area contributed by atoms with Crippen molar-refractivity contribution in [3.63, 3.8) is 0 Å². The summed E-state index contributed by atoms with van der Waals surface area (Å²) < 4.78 is 16.3. The van der Waals surface area contributed by atoms with E-state index in [0.29, 0.717) is 28.7 Å². The van der Waals surface area contributed by atoms with Crippen LogP contribution in [-0.4, -0.2) is 48.4 Å². The summed E-state index contributed by atoms with van der Waals surface area (Å²) in [5, 5.41) is 0. The number of ether oxygens (including phenoxy) is 2. The lowest BCUT2D eigenvalue weighted by Gasteiger charge is -2.45. The fraction of sp³-hybridized carbons (Fsp3) is 0.500. The summed E-state index contributed by atoms with van der Waals surface area (Å²) in [7, 11) is 3.13. The number of hydrogen-bond donors (Lipinski definition) is 0. The summed E-state index contributed by atoms with van der Waals surface area (Å²) in [5.74, 6) is 2.31. The van der Waals surface area contributed by atoms with Crippen LogP contribution in [0.25, 0.3) is 0 Å². The molecule has 0 N–H and O–H groups in total. The summed E-state index contributed by atoms with van der Waals surface area (Å²) in [4.78, 5) is 30.5. The molecule has 7 heteroatoms. The molecule has 0 spiro atoms. The van der Waals surface area contributed by atoms with Gasteiger partial charge in [-0.3, -0.25) is 9.59 Å². The van der Waals surface area contributed by atoms with Crippen molar-refractivity contribution >= 4 is 11.8 Å². The average molecular weight is 427 g/mol. The van der Waals surface area contributed by atoms with Gasteiger partial charge in [0, 0.05) is 6.04 Å². The number of amides is 2. The minimum absolute atomic E-state index is 0.0436. The highest BCUT2D eigenvalue weighted by Gasteiger charge is 2.43. The largest absolute Gasteiger partial charge is 0.493 e. The van der Waals surface area contributed by atoms with Gasteiger partial charge in [0.1, 0.15) is 18.3 Å². The Kier molecular flexibility index (Phi) is 6.20. The number of carbonyl (C=O) groups excluding carboxylic acids is 2. The van der Waals surface area contributed by atoms with E-state index in [0.717, 1.165) is 25.7 Å². The van der Waals surface area contributed by atoms with Crippen LogP contribution >= 0.6 is 0 Å². The van der Waals surface area contributed by atoms with E-state index < -0.39 is 6.04 Å². The van der Waals surface area contributed by atoms with Gasteiger partial charge in [-0.15, -0.1) is 0 Å². The molecule has 0 bridgehead atoms. The van der Waals surface area contributed by atoms with Gasteiger partial charge in [0.25, 0.3) is 5.91 Å². The number of nitrogens with zero attached hydrogens (tertiary/aromatic N) is 2. The van der Waals surface area contributed by atoms with Crippen molar-refractivity contribution < 1.29 is 23.5 Å². The molecular formula is C24H30N2O5. The van der Waals surface area contributed by atoms with Crippen molar-refractivity contribution in [2.24, 2.45) is 5.92 Å². The average Bonchev–Trinajstić information content (AvgIpc) is 3.30. The molecule has 1 aromatic heterocycles. The second kappa shape index (κ2) is 9.04. The molecule has 2 fully saturated rings. The zero-order valence-corrected chi connectivity index (χ0v) is 18.4. The Morgan fingerprint density at radius 1 is 1.03 bits per heavy atom. The summed E-state index contributed by atoms with van der Waals surface area (Å²) in [6.07, 6.45) is 5.63. The van der Waals surface area contributed by atoms with Crippen LogP contribution in [0.15, 0.2) is 41.0 Å². The molecule has 7 nitrogen and oxygen atoms in total. The van der Waals surface area contributed by atoms with E-state index >= 15 is 0 Å². The number of benzene rings is 1. The van der Waals surface area contributed by atoms with Crippen LogP contribution in [0.2, 0.25) is 0 Å². The SMILES string of the molecule is COc1ccc([C@H]2C(=O)N(C3CCC(C)CC3)CC(=O)N2Cc2ccco2)cc1OC. The second-order valence-corrected chi connectivity index (χ2v) is 8.50. The predicted octanol–water partition coefficient (Wildman–Crippen LogP) is 3.79. The van der Waals surface area contributed by atoms with Crippen LogP contribution in [0.1, 0.15) is 50.0 Å². The topological polar surface area (TPSA) is 72.2 Å². The Balaban J connectivity index is 1.69. The lowest BCUT2D eigenvalue weighted by Crippen LogP contribution is -2.58. The van der Waals surface area contributed by atoms with Crippen molar-refractivity contribution in [3.8, 4) is 11.5 Å². The van der Waals surface area contributed by atoms with Crippen LogP contribution in [0.4, 0.5) is 0 Å². The first-order valence-corrected chi connectivity index (χ1v) is 10.9. The van der Waals surface area contributed by atoms with Gasteiger partial charge in [0.15, 0.2) is 11.5 Å². The summed E-state index contributed by atoms with van der Waals surface area (Å²) in [5.41, 5.74) is 0.705. The quantitative estimate of drug-likeness (QED) is 0.703. The van der Waals surface area contributed by atoms with E-state index in [9.17, 15) is 9.59 Å². The number of furan rings is 1. The number of hydrogen-bond acceptors (Lipinski definition) is 5. The molecule has 1 saturated carbocycles. The third kappa shape index (κ3) is 4.27. The minimum atomic E-state index is -0.731. The van der Waals surface area contributed by atoms with E-state index in [1.54, 1.807) is 48.5 Å². The highest BCUT2D eigenvalue weighted by molar-refractivity contribution is 5.96. The lowest BCUT2D eigenvalue weighted by atomic mass is 9.85. The minimum Gasteiger partial charge on any atom is -0.493 e. The monoisotopic (exact) mass is 426 g/mol. The Morgan fingerprint density at radius 3 is 2.42 bits per heavy atom. The fourth-order valence-corrected chi connectivity index (χ4v) is 4.71. The summed E-state index contributed by atoms with van der Waals surface area (Å²) in [6, 6.07) is 8.38. The van der Waals surface area contributed by atoms with E-state index in [2.05, 4.69) is 6.92 Å². The molecule has 1 atom stereocenters. The predicted molar refractivity (Wildman–Crippen MR) is 115 cm³/mol. The molecule has 1 saturated heterocycles. The molecule has 1 aliphatic heterocycles. The number of methoxy groups -OCH3 is 2. The van der Waals surface area contributed by atoms with Crippen LogP contribution in [0.3, 0.4) is 0 Å². The van der Waals surface area contributed by atoms with Crippen LogP contribution in [-0.2, 0) is 16.1 Å². The molecule has 31 heavy (non-hydrogen) atoms. The standard InChI is InChI=1S/C24H30N2O5/c1-16-6-9-18(10-7-16)25-15-22(27)26(14-19-5-4-12-31-19)23(24(25)28)17-8-11-20(29-2)21(13-17)30-3/h4-5,8,11-13,16,18,23H,6-7,9-10,14-15H2,1-3H3/t16?,18?,23-/m0/s1. The fourth-order valence-electron chi connectivity index (χ4n) is 4.71. The third-order valence-corrected chi connectivity index (χ3v) is 6.51. The molecule has 0 radical (unpaired) electrons. The number of piperazine rings is 1. The number of carbonyl (C=O) groups is 2. The van der Waals surface area contributed by atoms with E-state index in [1.807, 2.05) is 12.1 Å². The van der Waals surface area contributed by atoms with Crippen LogP contribution < -0.4 is 9.47 Å². The zero-order chi connectivity index (χ0) is 22.0. The highest BCUT2D eigenvalue weighted by atomic mass is 16.5. The first kappa shape index (κ1) is 21.3. The molecule has 1 aliphatic carbocycles. The van der Waals surface area contributed by atoms with Gasteiger partial charge in [-0.2, -0.15) is 0 Å². The first-order valence-electron chi connectivity index (χ1n) is 10.9. The van der Waals surface area contributed by atoms with E-state index in [-0.39, 0.29) is 30.9 Å². The molecule has 0 unspecified atom stereocenters. The van der Waals surface area contributed by atoms with Gasteiger partial charge in [-0.1, -0.05) is 13.0 Å². The zero-order valence-electron chi connectivity index (χ0n) is 18.4. The third-order valence-electron chi connectivity index (χ3n) is 6.51. The van der Waals surface area contributed by atoms with Crippen molar-refractivity contribution in [1.29, 1.82) is 0 Å². The maximum absolute atomic E-state index is 13.8. The maximum atomic E-state index is 13.8. The van der Waals surface area contributed by atoms with Crippen LogP contribution in [0.5, 0.6) is 11.5 Å². The van der Waals surface area contributed by atoms with Gasteiger partial charge in [-0.05, 0) is 61.4 Å². The molecule has 166 valence electrons. The van der Waals surface area contributed by atoms with E-state index in [1.165, 1.54) is 0 Å². The highest BCUT2D eigenvalue weighted by Crippen LogP contribution is 2.37. The molecule has 2 heterocycles. The Morgan fingerprint density at radius 2 is 1.77 bits per heavy atom. The van der Waals surface area contributed by atoms with Crippen molar-refractivity contribution in [2.45, 2.75) is 51.2 Å². The number of rotatable bonds is 6. The normalized spacial score (nSPS) is 24.4. The molecule has 2 aromatic rings. The van der Waals surface area contributed by atoms with Crippen molar-refractivity contribution in [1.82, 2.24) is 9.80 Å². The summed E-state index contributed by atoms with van der Waals surface area (Å²) in [6.45, 7) is 2.60. The van der Waals surface area contributed by atoms with Crippen molar-refractivity contribution in [3.05, 3.63) is 47.9 Å². The Bertz CT molecular complexity index is 918. The second-order valence-electron chi connectivity index (χ2n) is 8.50. The summed E-state index contributed by atoms with van der Waals surface area (Å²) >= 11 is 0. The molecule has 1 aromatic carbocycles. The molecule has 4 rings (SSSR count). The van der Waals surface area contributed by atoms with Gasteiger partial charge in [0.2, 0.25) is 5.91 Å². The van der Waals surface area contributed by atoms with Crippen LogP contribution in [0, 0.1) is 5.92 Å². The van der Waals surface area contributed by atoms with Gasteiger partial charge in [-0.25, -0.2) is 0 Å². The van der Waals surface area contributed by atoms with Crippen molar-refractivity contribution in [2.75, 3.05) is 20.8 Å². The van der Waals surface area contributed by atoms with Gasteiger partial charge >= 0.3 is 0 Å². The first-order chi connectivity index (χ1) is 15.0. The lowest BCUT2D eigenvalue weighted by molar-refractivity contribution is -0.160. The Labute approximate surface area is 182 Å². The molecule has 2 amide bonds. The molecule has 2 aliphatic rings. The van der Waals surface area contributed by atoms with Gasteiger partial charge < -0.3 is 23.7 Å². The van der Waals surface area contributed by atoms with Gasteiger partial charge in [0.05, 0.1) is 27.0 Å².